The largest absolute Gasteiger partial charge is 0.508 e. The van der Waals surface area contributed by atoms with E-state index in [9.17, 15) is 15.3 Å². The molecule has 3 N–H and O–H groups in total. The summed E-state index contributed by atoms with van der Waals surface area (Å²) in [6, 6.07) is 5.88. The van der Waals surface area contributed by atoms with Crippen molar-refractivity contribution in [2.75, 3.05) is 0 Å². The zero-order valence-electron chi connectivity index (χ0n) is 15.0. The summed E-state index contributed by atoms with van der Waals surface area (Å²) < 4.78 is 0. The van der Waals surface area contributed by atoms with Gasteiger partial charge in [0.05, 0.1) is 11.7 Å². The molecule has 7 atom stereocenters. The minimum Gasteiger partial charge on any atom is -0.508 e. The Balaban J connectivity index is 1.80. The number of aliphatic hydroxyl groups is 2. The Labute approximate surface area is 144 Å². The summed E-state index contributed by atoms with van der Waals surface area (Å²) in [5, 5.41) is 31.5. The zero-order chi connectivity index (χ0) is 17.3. The molecule has 0 radical (unpaired) electrons. The second-order valence-electron chi connectivity index (χ2n) is 8.91. The number of aliphatic hydroxyl groups excluding tert-OH is 1. The Morgan fingerprint density at radius 2 is 2.00 bits per heavy atom. The molecule has 0 unspecified atom stereocenters. The van der Waals surface area contributed by atoms with E-state index in [-0.39, 0.29) is 5.41 Å². The second kappa shape index (κ2) is 5.22. The first kappa shape index (κ1) is 16.4. The smallest absolute Gasteiger partial charge is 0.115 e. The van der Waals surface area contributed by atoms with E-state index >= 15 is 0 Å². The Kier molecular flexibility index (Phi) is 3.57. The molecule has 0 spiro atoms. The molecular formula is C21H30O3. The molecule has 0 amide bonds. The highest BCUT2D eigenvalue weighted by molar-refractivity contribution is 5.41. The van der Waals surface area contributed by atoms with Crippen LogP contribution in [0.5, 0.6) is 5.75 Å². The predicted octanol–water partition coefficient (Wildman–Crippen LogP) is 3.61. The lowest BCUT2D eigenvalue weighted by atomic mass is 9.50. The van der Waals surface area contributed by atoms with Crippen molar-refractivity contribution in [3.63, 3.8) is 0 Å². The molecule has 3 aliphatic carbocycles. The minimum absolute atomic E-state index is 0.206. The van der Waals surface area contributed by atoms with Crippen molar-refractivity contribution in [1.82, 2.24) is 0 Å². The first-order chi connectivity index (χ1) is 11.3. The first-order valence-electron chi connectivity index (χ1n) is 9.51. The van der Waals surface area contributed by atoms with Crippen molar-refractivity contribution in [3.8, 4) is 5.75 Å². The van der Waals surface area contributed by atoms with Crippen LogP contribution in [-0.2, 0) is 6.42 Å². The van der Waals surface area contributed by atoms with Crippen molar-refractivity contribution in [3.05, 3.63) is 29.3 Å². The Morgan fingerprint density at radius 3 is 2.71 bits per heavy atom. The van der Waals surface area contributed by atoms with Gasteiger partial charge in [-0.15, -0.1) is 0 Å². The summed E-state index contributed by atoms with van der Waals surface area (Å²) in [6.07, 6.45) is 4.25. The number of aromatic hydroxyl groups is 1. The molecule has 3 nitrogen and oxygen atoms in total. The summed E-state index contributed by atoms with van der Waals surface area (Å²) in [4.78, 5) is 0. The third kappa shape index (κ3) is 1.97. The molecule has 2 saturated carbocycles. The standard InChI is InChI=1S/C21H30O3/c1-4-12-11-20(2)17(10-18(23)21(20,3)24)16-7-5-13-9-14(22)6-8-15(13)19(12)16/h6,8-9,12,16-19,22-24H,4-5,7,10-11H2,1-3H3/t12-,16-,17-,18+,19+,20-,21-/m0/s1. The molecule has 132 valence electrons. The maximum Gasteiger partial charge on any atom is 0.115 e. The molecule has 0 bridgehead atoms. The molecule has 3 aliphatic rings. The van der Waals surface area contributed by atoms with Gasteiger partial charge in [-0.05, 0) is 79.5 Å². The van der Waals surface area contributed by atoms with Gasteiger partial charge in [-0.25, -0.2) is 0 Å². The van der Waals surface area contributed by atoms with E-state index in [4.69, 9.17) is 0 Å². The van der Waals surface area contributed by atoms with Gasteiger partial charge < -0.3 is 15.3 Å². The molecule has 0 heterocycles. The van der Waals surface area contributed by atoms with Gasteiger partial charge >= 0.3 is 0 Å². The second-order valence-corrected chi connectivity index (χ2v) is 8.91. The van der Waals surface area contributed by atoms with Gasteiger partial charge in [0.25, 0.3) is 0 Å². The number of phenolic OH excluding ortho intramolecular Hbond substituents is 1. The molecule has 1 aromatic rings. The lowest BCUT2D eigenvalue weighted by Crippen LogP contribution is -2.54. The Bertz CT molecular complexity index is 652. The van der Waals surface area contributed by atoms with Gasteiger partial charge in [0, 0.05) is 5.41 Å². The highest BCUT2D eigenvalue weighted by Crippen LogP contribution is 2.66. The third-order valence-electron chi connectivity index (χ3n) is 8.03. The molecule has 4 rings (SSSR count). The quantitative estimate of drug-likeness (QED) is 0.737. The fraction of sp³-hybridized carbons (Fsp3) is 0.714. The number of rotatable bonds is 1. The van der Waals surface area contributed by atoms with Crippen LogP contribution >= 0.6 is 0 Å². The number of benzene rings is 1. The first-order valence-corrected chi connectivity index (χ1v) is 9.51. The topological polar surface area (TPSA) is 60.7 Å². The molecule has 3 heteroatoms. The summed E-state index contributed by atoms with van der Waals surface area (Å²) in [5.41, 5.74) is 1.50. The van der Waals surface area contributed by atoms with Crippen LogP contribution in [0.15, 0.2) is 18.2 Å². The summed E-state index contributed by atoms with van der Waals surface area (Å²) in [5.74, 6) is 2.28. The van der Waals surface area contributed by atoms with E-state index in [2.05, 4.69) is 19.9 Å². The molecule has 0 saturated heterocycles. The summed E-state index contributed by atoms with van der Waals surface area (Å²) in [7, 11) is 0. The molecular weight excluding hydrogens is 300 g/mol. The van der Waals surface area contributed by atoms with Crippen molar-refractivity contribution >= 4 is 0 Å². The van der Waals surface area contributed by atoms with Gasteiger partial charge in [0.1, 0.15) is 5.75 Å². The summed E-state index contributed by atoms with van der Waals surface area (Å²) >= 11 is 0. The van der Waals surface area contributed by atoms with Crippen LogP contribution in [0, 0.1) is 23.2 Å². The Morgan fingerprint density at radius 1 is 1.25 bits per heavy atom. The van der Waals surface area contributed by atoms with Crippen molar-refractivity contribution < 1.29 is 15.3 Å². The van der Waals surface area contributed by atoms with Gasteiger partial charge in [0.2, 0.25) is 0 Å². The number of aryl methyl sites for hydroxylation is 1. The highest BCUT2D eigenvalue weighted by Gasteiger charge is 2.65. The van der Waals surface area contributed by atoms with E-state index in [1.165, 1.54) is 11.1 Å². The van der Waals surface area contributed by atoms with Crippen LogP contribution in [0.3, 0.4) is 0 Å². The van der Waals surface area contributed by atoms with E-state index in [0.29, 0.717) is 35.8 Å². The van der Waals surface area contributed by atoms with E-state index in [1.807, 2.05) is 19.1 Å². The third-order valence-corrected chi connectivity index (χ3v) is 8.03. The minimum atomic E-state index is -0.995. The average Bonchev–Trinajstić information content (AvgIpc) is 2.73. The van der Waals surface area contributed by atoms with Crippen LogP contribution < -0.4 is 0 Å². The molecule has 1 aromatic carbocycles. The SMILES string of the molecule is CC[C@H]1C[C@@]2(C)[C@@H](C[C@@H](O)[C@]2(C)O)[C@@H]2CCc3cc(O)ccc3[C@@H]12. The van der Waals surface area contributed by atoms with Gasteiger partial charge in [-0.2, -0.15) is 0 Å². The van der Waals surface area contributed by atoms with E-state index in [1.54, 1.807) is 0 Å². The lowest BCUT2D eigenvalue weighted by Gasteiger charge is -2.55. The van der Waals surface area contributed by atoms with Crippen LogP contribution in [0.1, 0.15) is 63.5 Å². The number of hydrogen-bond acceptors (Lipinski definition) is 3. The molecule has 0 aliphatic heterocycles. The number of fused-ring (bicyclic) bond motifs is 5. The normalized spacial score (nSPS) is 47.0. The van der Waals surface area contributed by atoms with Crippen molar-refractivity contribution in [2.24, 2.45) is 23.2 Å². The van der Waals surface area contributed by atoms with Crippen LogP contribution in [0.25, 0.3) is 0 Å². The van der Waals surface area contributed by atoms with Gasteiger partial charge in [-0.1, -0.05) is 26.3 Å². The van der Waals surface area contributed by atoms with E-state index in [0.717, 1.165) is 25.7 Å². The highest BCUT2D eigenvalue weighted by atomic mass is 16.3. The number of phenols is 1. The fourth-order valence-corrected chi connectivity index (χ4v) is 6.48. The van der Waals surface area contributed by atoms with Crippen molar-refractivity contribution in [2.45, 2.75) is 70.5 Å². The molecule has 0 aromatic heterocycles. The lowest BCUT2D eigenvalue weighted by molar-refractivity contribution is -0.139. The zero-order valence-corrected chi connectivity index (χ0v) is 15.0. The predicted molar refractivity (Wildman–Crippen MR) is 93.9 cm³/mol. The van der Waals surface area contributed by atoms with Crippen molar-refractivity contribution in [1.29, 1.82) is 0 Å². The Hall–Kier alpha value is -1.06. The van der Waals surface area contributed by atoms with Crippen LogP contribution in [0.2, 0.25) is 0 Å². The number of hydrogen-bond donors (Lipinski definition) is 3. The van der Waals surface area contributed by atoms with E-state index < -0.39 is 11.7 Å². The van der Waals surface area contributed by atoms with Gasteiger partial charge in [-0.3, -0.25) is 0 Å². The summed E-state index contributed by atoms with van der Waals surface area (Å²) in [6.45, 7) is 6.30. The monoisotopic (exact) mass is 330 g/mol. The van der Waals surface area contributed by atoms with Gasteiger partial charge in [0.15, 0.2) is 0 Å². The molecule has 2 fully saturated rings. The maximum atomic E-state index is 11.1. The fourth-order valence-electron chi connectivity index (χ4n) is 6.48. The molecule has 24 heavy (non-hydrogen) atoms. The maximum absolute atomic E-state index is 11.1. The van der Waals surface area contributed by atoms with Crippen LogP contribution in [0.4, 0.5) is 0 Å². The average molecular weight is 330 g/mol. The van der Waals surface area contributed by atoms with Crippen LogP contribution in [-0.4, -0.2) is 27.0 Å².